The number of hydrogen-bond acceptors (Lipinski definition) is 1. The first-order chi connectivity index (χ1) is 10.00. The summed E-state index contributed by atoms with van der Waals surface area (Å²) in [7, 11) is 0. The molecule has 2 aliphatic rings. The van der Waals surface area contributed by atoms with Crippen molar-refractivity contribution >= 4 is 34.8 Å². The second kappa shape index (κ2) is 4.58. The van der Waals surface area contributed by atoms with Crippen molar-refractivity contribution in [3.8, 4) is 5.75 Å². The molecule has 2 aromatic rings. The van der Waals surface area contributed by atoms with Crippen molar-refractivity contribution in [3.63, 3.8) is 0 Å². The maximum atomic E-state index is 6.79. The van der Waals surface area contributed by atoms with E-state index < -0.39 is 5.60 Å². The number of fused-ring (bicyclic) bond motifs is 1. The summed E-state index contributed by atoms with van der Waals surface area (Å²) in [5.74, 6) is 0.854. The molecule has 21 heavy (non-hydrogen) atoms. The molecule has 1 unspecified atom stereocenters. The maximum absolute atomic E-state index is 6.79. The van der Waals surface area contributed by atoms with Crippen LogP contribution in [-0.4, -0.2) is 15.0 Å². The van der Waals surface area contributed by atoms with Crippen LogP contribution in [0.3, 0.4) is 0 Å². The third-order valence-electron chi connectivity index (χ3n) is 4.47. The minimum atomic E-state index is -0.427. The van der Waals surface area contributed by atoms with Gasteiger partial charge in [-0.15, -0.1) is 11.6 Å². The highest BCUT2D eigenvalue weighted by Crippen LogP contribution is 2.57. The van der Waals surface area contributed by atoms with Crippen LogP contribution in [0.15, 0.2) is 36.7 Å². The Morgan fingerprint density at radius 3 is 2.62 bits per heavy atom. The maximum Gasteiger partial charge on any atom is 0.150 e. The van der Waals surface area contributed by atoms with Crippen LogP contribution in [0.5, 0.6) is 5.75 Å². The lowest BCUT2D eigenvalue weighted by Gasteiger charge is -2.34. The Bertz CT molecular complexity index is 703. The van der Waals surface area contributed by atoms with E-state index in [2.05, 4.69) is 4.57 Å². The Hall–Kier alpha value is -0.830. The van der Waals surface area contributed by atoms with Gasteiger partial charge in [0.25, 0.3) is 0 Å². The Morgan fingerprint density at radius 1 is 1.14 bits per heavy atom. The number of rotatable bonds is 3. The predicted octanol–water partition coefficient (Wildman–Crippen LogP) is 4.94. The molecule has 0 bridgehead atoms. The van der Waals surface area contributed by atoms with Gasteiger partial charge in [0.2, 0.25) is 0 Å². The van der Waals surface area contributed by atoms with E-state index in [0.717, 1.165) is 30.0 Å². The Morgan fingerprint density at radius 2 is 1.95 bits per heavy atom. The zero-order chi connectivity index (χ0) is 14.7. The van der Waals surface area contributed by atoms with Gasteiger partial charge in [-0.05, 0) is 36.6 Å². The van der Waals surface area contributed by atoms with Gasteiger partial charge in [-0.25, -0.2) is 0 Å². The van der Waals surface area contributed by atoms with Gasteiger partial charge in [-0.1, -0.05) is 29.3 Å². The molecule has 0 spiro atoms. The van der Waals surface area contributed by atoms with Gasteiger partial charge in [-0.3, -0.25) is 0 Å². The molecule has 2 heterocycles. The molecule has 1 fully saturated rings. The van der Waals surface area contributed by atoms with Gasteiger partial charge >= 0.3 is 0 Å². The molecule has 4 rings (SSSR count). The summed E-state index contributed by atoms with van der Waals surface area (Å²) in [4.78, 5) is -0.296. The van der Waals surface area contributed by atoms with Gasteiger partial charge < -0.3 is 9.30 Å². The number of hydrogen-bond donors (Lipinski definition) is 0. The first-order valence-electron chi connectivity index (χ1n) is 6.97. The largest absolute Gasteiger partial charge is 0.483 e. The summed E-state index contributed by atoms with van der Waals surface area (Å²) < 4.78 is 8.39. The van der Waals surface area contributed by atoms with Gasteiger partial charge in [0, 0.05) is 23.8 Å². The average Bonchev–Trinajstić information content (AvgIpc) is 2.91. The van der Waals surface area contributed by atoms with Crippen molar-refractivity contribution < 1.29 is 4.74 Å². The van der Waals surface area contributed by atoms with E-state index in [-0.39, 0.29) is 4.87 Å². The summed E-state index contributed by atoms with van der Waals surface area (Å²) in [5, 5.41) is 1.41. The second-order valence-corrected chi connectivity index (χ2v) is 7.59. The summed E-state index contributed by atoms with van der Waals surface area (Å²) in [5.41, 5.74) is 0.744. The fraction of sp³-hybridized carbons (Fsp3) is 0.375. The third-order valence-corrected chi connectivity index (χ3v) is 5.65. The third kappa shape index (κ3) is 2.25. The van der Waals surface area contributed by atoms with Crippen molar-refractivity contribution in [3.05, 3.63) is 52.3 Å². The fourth-order valence-electron chi connectivity index (χ4n) is 3.17. The zero-order valence-corrected chi connectivity index (χ0v) is 13.5. The lowest BCUT2D eigenvalue weighted by atomic mass is 9.91. The molecule has 0 N–H and O–H groups in total. The van der Waals surface area contributed by atoms with E-state index in [1.807, 2.05) is 36.7 Å². The molecule has 0 radical (unpaired) electrons. The monoisotopic (exact) mass is 341 g/mol. The van der Waals surface area contributed by atoms with Crippen molar-refractivity contribution in [2.75, 3.05) is 0 Å². The number of aromatic nitrogens is 1. The fourth-order valence-corrected chi connectivity index (χ4v) is 3.78. The number of halogens is 3. The molecular weight excluding hydrogens is 329 g/mol. The number of alkyl halides is 1. The standard InChI is InChI=1S/C16H14Cl3NO/c17-12-2-1-11-8-16(15(19)4-5-15,21-14(11)7-12)10-20-6-3-13(18)9-20/h1-3,6-7,9H,4-5,8,10H2. The van der Waals surface area contributed by atoms with E-state index in [9.17, 15) is 0 Å². The zero-order valence-electron chi connectivity index (χ0n) is 11.3. The number of benzene rings is 1. The van der Waals surface area contributed by atoms with E-state index in [1.54, 1.807) is 0 Å². The quantitative estimate of drug-likeness (QED) is 0.721. The van der Waals surface area contributed by atoms with E-state index in [4.69, 9.17) is 39.5 Å². The number of nitrogens with zero attached hydrogens (tertiary/aromatic N) is 1. The van der Waals surface area contributed by atoms with E-state index >= 15 is 0 Å². The molecule has 1 saturated carbocycles. The predicted molar refractivity (Wildman–Crippen MR) is 85.8 cm³/mol. The molecule has 1 aromatic heterocycles. The number of ether oxygens (including phenoxy) is 1. The van der Waals surface area contributed by atoms with Crippen molar-refractivity contribution in [1.29, 1.82) is 0 Å². The van der Waals surface area contributed by atoms with Crippen molar-refractivity contribution in [2.45, 2.75) is 36.3 Å². The second-order valence-electron chi connectivity index (χ2n) is 5.99. The minimum absolute atomic E-state index is 0.296. The molecular formula is C16H14Cl3NO. The Labute approximate surface area is 138 Å². The topological polar surface area (TPSA) is 14.2 Å². The van der Waals surface area contributed by atoms with Crippen LogP contribution < -0.4 is 4.74 Å². The van der Waals surface area contributed by atoms with Crippen molar-refractivity contribution in [1.82, 2.24) is 4.57 Å². The highest BCUT2D eigenvalue weighted by Gasteiger charge is 2.62. The van der Waals surface area contributed by atoms with Gasteiger partial charge in [0.05, 0.1) is 16.4 Å². The van der Waals surface area contributed by atoms with Crippen LogP contribution in [0.4, 0.5) is 0 Å². The summed E-state index contributed by atoms with van der Waals surface area (Å²) in [6.07, 6.45) is 6.63. The van der Waals surface area contributed by atoms with Crippen LogP contribution in [0.25, 0.3) is 0 Å². The molecule has 0 amide bonds. The lowest BCUT2D eigenvalue weighted by molar-refractivity contribution is 0.0615. The highest BCUT2D eigenvalue weighted by atomic mass is 35.5. The van der Waals surface area contributed by atoms with E-state index in [0.29, 0.717) is 11.6 Å². The van der Waals surface area contributed by atoms with E-state index in [1.165, 1.54) is 5.56 Å². The molecule has 1 aliphatic carbocycles. The molecule has 110 valence electrons. The normalized spacial score (nSPS) is 25.5. The van der Waals surface area contributed by atoms with Crippen LogP contribution in [0.2, 0.25) is 10.0 Å². The van der Waals surface area contributed by atoms with Crippen LogP contribution in [0.1, 0.15) is 18.4 Å². The molecule has 2 nitrogen and oxygen atoms in total. The smallest absolute Gasteiger partial charge is 0.150 e. The summed E-state index contributed by atoms with van der Waals surface area (Å²) in [6.45, 7) is 0.690. The highest BCUT2D eigenvalue weighted by molar-refractivity contribution is 6.31. The average molecular weight is 343 g/mol. The van der Waals surface area contributed by atoms with Crippen LogP contribution >= 0.6 is 34.8 Å². The van der Waals surface area contributed by atoms with Gasteiger partial charge in [-0.2, -0.15) is 0 Å². The SMILES string of the molecule is Clc1ccc2c(c1)OC(Cn1ccc(Cl)c1)(C1(Cl)CC1)C2. The molecule has 1 aromatic carbocycles. The van der Waals surface area contributed by atoms with Gasteiger partial charge in [0.1, 0.15) is 11.4 Å². The van der Waals surface area contributed by atoms with Crippen molar-refractivity contribution in [2.24, 2.45) is 0 Å². The van der Waals surface area contributed by atoms with Gasteiger partial charge in [0.15, 0.2) is 0 Å². The molecule has 1 atom stereocenters. The first-order valence-corrected chi connectivity index (χ1v) is 8.11. The molecule has 0 saturated heterocycles. The van der Waals surface area contributed by atoms with Crippen LogP contribution in [-0.2, 0) is 13.0 Å². The first kappa shape index (κ1) is 13.8. The van der Waals surface area contributed by atoms with Crippen LogP contribution in [0, 0.1) is 0 Å². The Kier molecular flexibility index (Phi) is 3.01. The minimum Gasteiger partial charge on any atom is -0.483 e. The lowest BCUT2D eigenvalue weighted by Crippen LogP contribution is -2.49. The molecule has 1 aliphatic heterocycles. The Balaban J connectivity index is 1.71. The summed E-state index contributed by atoms with van der Waals surface area (Å²) >= 11 is 18.9. The summed E-state index contributed by atoms with van der Waals surface area (Å²) in [6, 6.07) is 7.69. The molecule has 5 heteroatoms.